The Morgan fingerprint density at radius 2 is 1.95 bits per heavy atom. The second kappa shape index (κ2) is 6.58. The van der Waals surface area contributed by atoms with Crippen molar-refractivity contribution in [2.24, 2.45) is 0 Å². The Kier molecular flexibility index (Phi) is 4.80. The zero-order chi connectivity index (χ0) is 14.5. The Labute approximate surface area is 124 Å². The number of nitrogens with zero attached hydrogens (tertiary/aromatic N) is 3. The molecule has 0 amide bonds. The minimum absolute atomic E-state index is 0.0813. The summed E-state index contributed by atoms with van der Waals surface area (Å²) in [4.78, 5) is 19.8. The lowest BCUT2D eigenvalue weighted by Crippen LogP contribution is -1.96. The Balaban J connectivity index is 2.22. The van der Waals surface area contributed by atoms with Crippen molar-refractivity contribution in [2.45, 2.75) is 15.1 Å². The second-order valence-corrected chi connectivity index (χ2v) is 5.55. The smallest absolute Gasteiger partial charge is 0.269 e. The van der Waals surface area contributed by atoms with E-state index in [1.165, 1.54) is 35.7 Å². The Hall–Kier alpha value is -1.80. The van der Waals surface area contributed by atoms with Crippen LogP contribution in [0.2, 0.25) is 0 Å². The van der Waals surface area contributed by atoms with E-state index in [4.69, 9.17) is 0 Å². The molecule has 6 nitrogen and oxygen atoms in total. The van der Waals surface area contributed by atoms with Crippen LogP contribution in [-0.2, 0) is 0 Å². The highest BCUT2D eigenvalue weighted by Crippen LogP contribution is 2.29. The molecule has 0 fully saturated rings. The van der Waals surface area contributed by atoms with Crippen molar-refractivity contribution in [3.8, 4) is 0 Å². The fourth-order valence-corrected chi connectivity index (χ4v) is 2.69. The van der Waals surface area contributed by atoms with Crippen LogP contribution in [0, 0.1) is 10.1 Å². The van der Waals surface area contributed by atoms with Gasteiger partial charge in [-0.15, -0.1) is 0 Å². The van der Waals surface area contributed by atoms with Crippen molar-refractivity contribution < 1.29 is 4.92 Å². The van der Waals surface area contributed by atoms with Gasteiger partial charge in [-0.25, -0.2) is 9.97 Å². The number of hydrogen-bond donors (Lipinski definition) is 1. The van der Waals surface area contributed by atoms with E-state index >= 15 is 0 Å². The number of non-ortho nitro benzene ring substituents is 1. The average Bonchev–Trinajstić information content (AvgIpc) is 2.47. The molecule has 0 spiro atoms. The second-order valence-electron chi connectivity index (χ2n) is 3.68. The highest BCUT2D eigenvalue weighted by molar-refractivity contribution is 7.99. The van der Waals surface area contributed by atoms with Crippen LogP contribution in [-0.4, -0.2) is 28.2 Å². The molecule has 2 aromatic rings. The highest BCUT2D eigenvalue weighted by atomic mass is 32.2. The zero-order valence-electron chi connectivity index (χ0n) is 10.9. The first-order valence-electron chi connectivity index (χ1n) is 5.65. The summed E-state index contributed by atoms with van der Waals surface area (Å²) in [6.45, 7) is 0. The summed E-state index contributed by atoms with van der Waals surface area (Å²) in [5.41, 5.74) is 0.0813. The van der Waals surface area contributed by atoms with Crippen LogP contribution in [0.1, 0.15) is 0 Å². The molecule has 1 N–H and O–H groups in total. The van der Waals surface area contributed by atoms with E-state index in [0.29, 0.717) is 5.16 Å². The number of anilines is 1. The summed E-state index contributed by atoms with van der Waals surface area (Å²) in [6.07, 6.45) is 1.91. The van der Waals surface area contributed by atoms with Gasteiger partial charge in [-0.2, -0.15) is 0 Å². The number of rotatable bonds is 5. The Morgan fingerprint density at radius 1 is 1.25 bits per heavy atom. The molecule has 0 saturated carbocycles. The maximum atomic E-state index is 10.6. The van der Waals surface area contributed by atoms with E-state index < -0.39 is 4.92 Å². The van der Waals surface area contributed by atoms with Crippen molar-refractivity contribution >= 4 is 35.0 Å². The lowest BCUT2D eigenvalue weighted by Gasteiger charge is -2.06. The van der Waals surface area contributed by atoms with Crippen LogP contribution < -0.4 is 5.32 Å². The molecular formula is C12H12N4O2S2. The number of thioether (sulfide) groups is 1. The van der Waals surface area contributed by atoms with Crippen molar-refractivity contribution in [3.63, 3.8) is 0 Å². The molecule has 0 atom stereocenters. The van der Waals surface area contributed by atoms with Gasteiger partial charge in [0, 0.05) is 30.1 Å². The minimum atomic E-state index is -0.413. The molecule has 104 valence electrons. The minimum Gasteiger partial charge on any atom is -0.373 e. The highest BCUT2D eigenvalue weighted by Gasteiger charge is 2.07. The van der Waals surface area contributed by atoms with E-state index in [0.717, 1.165) is 15.7 Å². The van der Waals surface area contributed by atoms with Crippen LogP contribution in [0.4, 0.5) is 11.5 Å². The molecule has 0 aliphatic heterocycles. The molecule has 0 bridgehead atoms. The molecule has 1 aromatic carbocycles. The topological polar surface area (TPSA) is 81.0 Å². The Bertz CT molecular complexity index is 597. The zero-order valence-corrected chi connectivity index (χ0v) is 12.5. The molecule has 0 aliphatic rings. The average molecular weight is 308 g/mol. The Morgan fingerprint density at radius 3 is 2.50 bits per heavy atom. The van der Waals surface area contributed by atoms with Crippen molar-refractivity contribution in [1.29, 1.82) is 0 Å². The monoisotopic (exact) mass is 308 g/mol. The van der Waals surface area contributed by atoms with Crippen LogP contribution in [0.3, 0.4) is 0 Å². The number of nitro benzene ring substituents is 1. The van der Waals surface area contributed by atoms with Crippen molar-refractivity contribution in [3.05, 3.63) is 40.4 Å². The first kappa shape index (κ1) is 14.6. The van der Waals surface area contributed by atoms with Gasteiger partial charge in [0.25, 0.3) is 5.69 Å². The van der Waals surface area contributed by atoms with Gasteiger partial charge < -0.3 is 5.32 Å². The van der Waals surface area contributed by atoms with E-state index in [9.17, 15) is 10.1 Å². The fraction of sp³-hybridized carbons (Fsp3) is 0.167. The van der Waals surface area contributed by atoms with Crippen molar-refractivity contribution in [1.82, 2.24) is 9.97 Å². The van der Waals surface area contributed by atoms with E-state index in [1.54, 1.807) is 19.2 Å². The van der Waals surface area contributed by atoms with E-state index in [1.807, 2.05) is 12.3 Å². The lowest BCUT2D eigenvalue weighted by molar-refractivity contribution is -0.384. The molecule has 1 heterocycles. The molecule has 0 aliphatic carbocycles. The van der Waals surface area contributed by atoms with Gasteiger partial charge in [0.15, 0.2) is 5.16 Å². The number of aromatic nitrogens is 2. The summed E-state index contributed by atoms with van der Waals surface area (Å²) in [6, 6.07) is 8.23. The molecule has 0 saturated heterocycles. The molecular weight excluding hydrogens is 296 g/mol. The number of hydrogen-bond acceptors (Lipinski definition) is 7. The molecule has 1 aromatic heterocycles. The molecule has 20 heavy (non-hydrogen) atoms. The summed E-state index contributed by atoms with van der Waals surface area (Å²) < 4.78 is 0. The van der Waals surface area contributed by atoms with Gasteiger partial charge in [0.1, 0.15) is 10.8 Å². The van der Waals surface area contributed by atoms with Gasteiger partial charge in [-0.3, -0.25) is 10.1 Å². The van der Waals surface area contributed by atoms with Crippen LogP contribution >= 0.6 is 23.5 Å². The summed E-state index contributed by atoms with van der Waals surface area (Å²) >= 11 is 2.90. The first-order chi connectivity index (χ1) is 9.62. The predicted molar refractivity (Wildman–Crippen MR) is 80.6 cm³/mol. The van der Waals surface area contributed by atoms with Crippen molar-refractivity contribution in [2.75, 3.05) is 18.6 Å². The molecule has 2 rings (SSSR count). The fourth-order valence-electron chi connectivity index (χ4n) is 1.43. The summed E-state index contributed by atoms with van der Waals surface area (Å²) in [5, 5.41) is 15.1. The van der Waals surface area contributed by atoms with Crippen LogP contribution in [0.25, 0.3) is 0 Å². The third-order valence-corrected chi connectivity index (χ3v) is 3.86. The van der Waals surface area contributed by atoms with Crippen LogP contribution in [0.5, 0.6) is 0 Å². The maximum Gasteiger partial charge on any atom is 0.269 e. The van der Waals surface area contributed by atoms with Gasteiger partial charge in [0.2, 0.25) is 0 Å². The SMILES string of the molecule is CNc1cc(Sc2ccc([N+](=O)[O-])cc2)nc(SC)n1. The van der Waals surface area contributed by atoms with Gasteiger partial charge >= 0.3 is 0 Å². The molecule has 0 unspecified atom stereocenters. The van der Waals surface area contributed by atoms with Gasteiger partial charge in [0.05, 0.1) is 4.92 Å². The summed E-state index contributed by atoms with van der Waals surface area (Å²) in [7, 11) is 1.80. The predicted octanol–water partition coefficient (Wildman–Crippen LogP) is 3.30. The largest absolute Gasteiger partial charge is 0.373 e. The number of nitro groups is 1. The normalized spacial score (nSPS) is 10.3. The van der Waals surface area contributed by atoms with Crippen LogP contribution in [0.15, 0.2) is 45.4 Å². The third kappa shape index (κ3) is 3.61. The van der Waals surface area contributed by atoms with E-state index in [2.05, 4.69) is 15.3 Å². The third-order valence-electron chi connectivity index (χ3n) is 2.39. The summed E-state index contributed by atoms with van der Waals surface area (Å²) in [5.74, 6) is 0.744. The molecule has 0 radical (unpaired) electrons. The van der Waals surface area contributed by atoms with E-state index in [-0.39, 0.29) is 5.69 Å². The lowest BCUT2D eigenvalue weighted by atomic mass is 10.3. The quantitative estimate of drug-likeness (QED) is 0.298. The molecule has 8 heteroatoms. The number of benzene rings is 1. The maximum absolute atomic E-state index is 10.6. The number of nitrogens with one attached hydrogen (secondary N) is 1. The first-order valence-corrected chi connectivity index (χ1v) is 7.69. The van der Waals surface area contributed by atoms with Gasteiger partial charge in [-0.05, 0) is 18.4 Å². The van der Waals surface area contributed by atoms with Gasteiger partial charge in [-0.1, -0.05) is 23.5 Å². The standard InChI is InChI=1S/C12H12N4O2S2/c1-13-10-7-11(15-12(14-10)19-2)20-9-5-3-8(4-6-9)16(17)18/h3-7H,1-2H3,(H,13,14,15).